The van der Waals surface area contributed by atoms with E-state index < -0.39 is 0 Å². The lowest BCUT2D eigenvalue weighted by Gasteiger charge is -2.01. The van der Waals surface area contributed by atoms with Gasteiger partial charge in [-0.1, -0.05) is 6.08 Å². The van der Waals surface area contributed by atoms with Crippen molar-refractivity contribution in [1.29, 1.82) is 0 Å². The molecular weight excluding hydrogens is 206 g/mol. The largest absolute Gasteiger partial charge is 0.329 e. The summed E-state index contributed by atoms with van der Waals surface area (Å²) in [5.41, 5.74) is 2.93. The van der Waals surface area contributed by atoms with Crippen molar-refractivity contribution in [3.05, 3.63) is 35.3 Å². The summed E-state index contributed by atoms with van der Waals surface area (Å²) in [5, 5.41) is 0. The minimum atomic E-state index is 0.727. The Morgan fingerprint density at radius 3 is 3.13 bits per heavy atom. The molecule has 3 nitrogen and oxygen atoms in total. The Hall–Kier alpha value is -1.42. The second kappa shape index (κ2) is 3.98. The van der Waals surface area contributed by atoms with Gasteiger partial charge in [0.05, 0.1) is 5.52 Å². The third-order valence-corrected chi connectivity index (χ3v) is 2.64. The Morgan fingerprint density at radius 2 is 2.40 bits per heavy atom. The van der Waals surface area contributed by atoms with Crippen LogP contribution in [0.2, 0.25) is 0 Å². The molecule has 0 aliphatic carbocycles. The number of pyridine rings is 1. The van der Waals surface area contributed by atoms with Crippen molar-refractivity contribution < 1.29 is 0 Å². The van der Waals surface area contributed by atoms with Gasteiger partial charge in [0.15, 0.2) is 10.4 Å². The number of fused-ring (bicyclic) bond motifs is 1. The number of rotatable bonds is 3. The minimum Gasteiger partial charge on any atom is -0.329 e. The van der Waals surface area contributed by atoms with Crippen molar-refractivity contribution >= 4 is 23.4 Å². The zero-order chi connectivity index (χ0) is 10.8. The summed E-state index contributed by atoms with van der Waals surface area (Å²) in [7, 11) is 0. The minimum absolute atomic E-state index is 0.727. The predicted molar refractivity (Wildman–Crippen MR) is 64.5 cm³/mol. The molecule has 0 aliphatic heterocycles. The van der Waals surface area contributed by atoms with E-state index in [0.717, 1.165) is 34.6 Å². The van der Waals surface area contributed by atoms with E-state index in [1.165, 1.54) is 0 Å². The lowest BCUT2D eigenvalue weighted by molar-refractivity contribution is 0.714. The van der Waals surface area contributed by atoms with E-state index in [4.69, 9.17) is 12.2 Å². The molecule has 0 unspecified atom stereocenters. The third-order valence-electron chi connectivity index (χ3n) is 2.31. The van der Waals surface area contributed by atoms with Crippen LogP contribution < -0.4 is 0 Å². The molecule has 2 heterocycles. The van der Waals surface area contributed by atoms with Gasteiger partial charge < -0.3 is 9.55 Å². The predicted octanol–water partition coefficient (Wildman–Crippen LogP) is 2.98. The van der Waals surface area contributed by atoms with E-state index in [-0.39, 0.29) is 0 Å². The average molecular weight is 219 g/mol. The molecule has 0 spiro atoms. The number of allylic oxidation sites excluding steroid dienone is 1. The Balaban J connectivity index is 2.60. The van der Waals surface area contributed by atoms with E-state index in [1.807, 2.05) is 29.7 Å². The van der Waals surface area contributed by atoms with Crippen LogP contribution in [0.1, 0.15) is 12.1 Å². The van der Waals surface area contributed by atoms with Crippen LogP contribution in [-0.4, -0.2) is 14.5 Å². The summed E-state index contributed by atoms with van der Waals surface area (Å²) in [5.74, 6) is 0. The van der Waals surface area contributed by atoms with E-state index in [9.17, 15) is 0 Å². The first-order chi connectivity index (χ1) is 7.22. The molecule has 4 heteroatoms. The van der Waals surface area contributed by atoms with Gasteiger partial charge in [0.2, 0.25) is 0 Å². The summed E-state index contributed by atoms with van der Waals surface area (Å²) in [6, 6.07) is 3.99. The molecule has 15 heavy (non-hydrogen) atoms. The lowest BCUT2D eigenvalue weighted by atomic mass is 10.3. The van der Waals surface area contributed by atoms with E-state index >= 15 is 0 Å². The van der Waals surface area contributed by atoms with Gasteiger partial charge in [-0.2, -0.15) is 0 Å². The molecular formula is C11H13N3S. The Kier molecular flexibility index (Phi) is 2.68. The Bertz CT molecular complexity index is 550. The zero-order valence-electron chi connectivity index (χ0n) is 8.66. The van der Waals surface area contributed by atoms with Gasteiger partial charge in [-0.05, 0) is 37.7 Å². The Labute approximate surface area is 93.5 Å². The quantitative estimate of drug-likeness (QED) is 0.636. The summed E-state index contributed by atoms with van der Waals surface area (Å²) in [6.45, 7) is 6.52. The first-order valence-electron chi connectivity index (χ1n) is 4.89. The van der Waals surface area contributed by atoms with Crippen LogP contribution in [0, 0.1) is 11.7 Å². The maximum absolute atomic E-state index is 5.24. The second-order valence-electron chi connectivity index (χ2n) is 3.48. The number of hydrogen-bond acceptors (Lipinski definition) is 2. The van der Waals surface area contributed by atoms with Crippen LogP contribution in [0.5, 0.6) is 0 Å². The number of aromatic amines is 1. The summed E-state index contributed by atoms with van der Waals surface area (Å²) < 4.78 is 2.74. The topological polar surface area (TPSA) is 33.6 Å². The molecule has 0 atom stereocenters. The van der Waals surface area contributed by atoms with Gasteiger partial charge in [0.25, 0.3) is 0 Å². The monoisotopic (exact) mass is 219 g/mol. The van der Waals surface area contributed by atoms with Gasteiger partial charge in [-0.15, -0.1) is 6.58 Å². The number of imidazole rings is 1. The molecule has 0 saturated heterocycles. The highest BCUT2D eigenvalue weighted by molar-refractivity contribution is 7.71. The smallest absolute Gasteiger partial charge is 0.179 e. The van der Waals surface area contributed by atoms with Gasteiger partial charge in [0, 0.05) is 12.2 Å². The molecule has 2 rings (SSSR count). The van der Waals surface area contributed by atoms with Crippen molar-refractivity contribution in [3.63, 3.8) is 0 Å². The molecule has 0 amide bonds. The van der Waals surface area contributed by atoms with Crippen LogP contribution in [0.4, 0.5) is 0 Å². The van der Waals surface area contributed by atoms with Crippen molar-refractivity contribution in [2.45, 2.75) is 19.9 Å². The first-order valence-corrected chi connectivity index (χ1v) is 5.30. The SMILES string of the molecule is C=CCCn1c(=S)[nH]c2ccc(C)nc21. The molecule has 78 valence electrons. The fourth-order valence-corrected chi connectivity index (χ4v) is 1.84. The average Bonchev–Trinajstić information content (AvgIpc) is 2.51. The molecule has 0 aromatic carbocycles. The first kappa shape index (κ1) is 10.1. The number of nitrogens with zero attached hydrogens (tertiary/aromatic N) is 2. The summed E-state index contributed by atoms with van der Waals surface area (Å²) in [4.78, 5) is 7.62. The second-order valence-corrected chi connectivity index (χ2v) is 3.87. The van der Waals surface area contributed by atoms with Crippen molar-refractivity contribution in [1.82, 2.24) is 14.5 Å². The molecule has 0 aliphatic rings. The van der Waals surface area contributed by atoms with Crippen molar-refractivity contribution in [2.24, 2.45) is 0 Å². The standard InChI is InChI=1S/C11H13N3S/c1-3-4-7-14-10-9(13-11(14)15)6-5-8(2)12-10/h3,5-6H,1,4,7H2,2H3,(H,13,15). The molecule has 1 N–H and O–H groups in total. The number of aromatic nitrogens is 3. The van der Waals surface area contributed by atoms with Gasteiger partial charge in [0.1, 0.15) is 0 Å². The van der Waals surface area contributed by atoms with Crippen LogP contribution in [0.15, 0.2) is 24.8 Å². The number of nitrogens with one attached hydrogen (secondary N) is 1. The molecule has 0 bridgehead atoms. The molecule has 2 aromatic heterocycles. The van der Waals surface area contributed by atoms with E-state index in [1.54, 1.807) is 0 Å². The van der Waals surface area contributed by atoms with Gasteiger partial charge in [-0.25, -0.2) is 4.98 Å². The highest BCUT2D eigenvalue weighted by atomic mass is 32.1. The zero-order valence-corrected chi connectivity index (χ0v) is 9.47. The van der Waals surface area contributed by atoms with Gasteiger partial charge in [-0.3, -0.25) is 0 Å². The van der Waals surface area contributed by atoms with E-state index in [2.05, 4.69) is 16.5 Å². The maximum Gasteiger partial charge on any atom is 0.179 e. The lowest BCUT2D eigenvalue weighted by Crippen LogP contribution is -1.98. The number of aryl methyl sites for hydroxylation is 2. The van der Waals surface area contributed by atoms with Crippen LogP contribution in [0.3, 0.4) is 0 Å². The van der Waals surface area contributed by atoms with Crippen LogP contribution >= 0.6 is 12.2 Å². The van der Waals surface area contributed by atoms with E-state index in [0.29, 0.717) is 0 Å². The highest BCUT2D eigenvalue weighted by Crippen LogP contribution is 2.12. The summed E-state index contributed by atoms with van der Waals surface area (Å²) >= 11 is 5.24. The fraction of sp³-hybridized carbons (Fsp3) is 0.273. The number of H-pyrrole nitrogens is 1. The molecule has 0 saturated carbocycles. The van der Waals surface area contributed by atoms with Crippen molar-refractivity contribution in [2.75, 3.05) is 0 Å². The third kappa shape index (κ3) is 1.85. The highest BCUT2D eigenvalue weighted by Gasteiger charge is 2.04. The number of hydrogen-bond donors (Lipinski definition) is 1. The molecule has 0 radical (unpaired) electrons. The Morgan fingerprint density at radius 1 is 1.60 bits per heavy atom. The maximum atomic E-state index is 5.24. The van der Waals surface area contributed by atoms with Crippen LogP contribution in [-0.2, 0) is 6.54 Å². The normalized spacial score (nSPS) is 10.7. The fourth-order valence-electron chi connectivity index (χ4n) is 1.55. The van der Waals surface area contributed by atoms with Gasteiger partial charge >= 0.3 is 0 Å². The van der Waals surface area contributed by atoms with Crippen molar-refractivity contribution in [3.8, 4) is 0 Å². The molecule has 0 fully saturated rings. The summed E-state index contributed by atoms with van der Waals surface area (Å²) in [6.07, 6.45) is 2.79. The van der Waals surface area contributed by atoms with Crippen LogP contribution in [0.25, 0.3) is 11.2 Å². The molecule has 2 aromatic rings.